The van der Waals surface area contributed by atoms with Crippen molar-refractivity contribution in [2.45, 2.75) is 38.4 Å². The van der Waals surface area contributed by atoms with Crippen LogP contribution in [0.3, 0.4) is 0 Å². The Morgan fingerprint density at radius 1 is 1.38 bits per heavy atom. The van der Waals surface area contributed by atoms with Gasteiger partial charge in [0.2, 0.25) is 5.91 Å². The smallest absolute Gasteiger partial charge is 0.354 e. The molecule has 3 atom stereocenters. The normalized spacial score (nSPS) is 31.3. The molecule has 1 amide bonds. The van der Waals surface area contributed by atoms with Crippen LogP contribution in [0.4, 0.5) is 13.2 Å². The standard InChI is InChI=1S/C14H24F3N3O/c1-10-3-2-5-18-12(10)13(21)19-7-11-4-6-20(8-11)9-14(15,16)17/h10-12,18H,2-9H2,1H3,(H,19,21). The molecule has 2 heterocycles. The van der Waals surface area contributed by atoms with Crippen molar-refractivity contribution in [1.29, 1.82) is 0 Å². The summed E-state index contributed by atoms with van der Waals surface area (Å²) in [5, 5.41) is 6.11. The lowest BCUT2D eigenvalue weighted by atomic mass is 9.92. The number of halogens is 3. The first-order chi connectivity index (χ1) is 9.85. The van der Waals surface area contributed by atoms with Gasteiger partial charge in [-0.25, -0.2) is 0 Å². The summed E-state index contributed by atoms with van der Waals surface area (Å²) in [6.07, 6.45) is -1.31. The summed E-state index contributed by atoms with van der Waals surface area (Å²) < 4.78 is 36.9. The lowest BCUT2D eigenvalue weighted by molar-refractivity contribution is -0.143. The Morgan fingerprint density at radius 2 is 2.14 bits per heavy atom. The predicted molar refractivity (Wildman–Crippen MR) is 73.8 cm³/mol. The summed E-state index contributed by atoms with van der Waals surface area (Å²) in [4.78, 5) is 13.5. The van der Waals surface area contributed by atoms with Crippen molar-refractivity contribution in [2.24, 2.45) is 11.8 Å². The van der Waals surface area contributed by atoms with Crippen LogP contribution in [0.15, 0.2) is 0 Å². The first-order valence-corrected chi connectivity index (χ1v) is 7.65. The number of amides is 1. The highest BCUT2D eigenvalue weighted by molar-refractivity contribution is 5.82. The van der Waals surface area contributed by atoms with Gasteiger partial charge in [0.1, 0.15) is 0 Å². The lowest BCUT2D eigenvalue weighted by Gasteiger charge is -2.29. The first kappa shape index (κ1) is 16.5. The van der Waals surface area contributed by atoms with Crippen LogP contribution in [-0.2, 0) is 4.79 Å². The summed E-state index contributed by atoms with van der Waals surface area (Å²) in [7, 11) is 0. The highest BCUT2D eigenvalue weighted by Crippen LogP contribution is 2.22. The maximum Gasteiger partial charge on any atom is 0.401 e. The van der Waals surface area contributed by atoms with Gasteiger partial charge < -0.3 is 10.6 Å². The van der Waals surface area contributed by atoms with E-state index in [4.69, 9.17) is 0 Å². The molecule has 0 aromatic heterocycles. The predicted octanol–water partition coefficient (Wildman–Crippen LogP) is 1.37. The van der Waals surface area contributed by atoms with Gasteiger partial charge in [-0.2, -0.15) is 13.2 Å². The third-order valence-corrected chi connectivity index (χ3v) is 4.39. The van der Waals surface area contributed by atoms with Gasteiger partial charge in [0, 0.05) is 13.1 Å². The van der Waals surface area contributed by atoms with Crippen LogP contribution in [0.25, 0.3) is 0 Å². The van der Waals surface area contributed by atoms with Crippen molar-refractivity contribution in [1.82, 2.24) is 15.5 Å². The van der Waals surface area contributed by atoms with Crippen molar-refractivity contribution < 1.29 is 18.0 Å². The molecule has 0 spiro atoms. The Kier molecular flexibility index (Phi) is 5.48. The van der Waals surface area contributed by atoms with E-state index in [1.165, 1.54) is 4.90 Å². The fraction of sp³-hybridized carbons (Fsp3) is 0.929. The van der Waals surface area contributed by atoms with E-state index in [0.717, 1.165) is 19.4 Å². The van der Waals surface area contributed by atoms with Gasteiger partial charge in [0.15, 0.2) is 0 Å². The van der Waals surface area contributed by atoms with Crippen LogP contribution in [0.5, 0.6) is 0 Å². The zero-order valence-corrected chi connectivity index (χ0v) is 12.4. The van der Waals surface area contributed by atoms with E-state index in [9.17, 15) is 18.0 Å². The second kappa shape index (κ2) is 6.96. The molecule has 0 aromatic rings. The Bertz CT molecular complexity index is 362. The number of hydrogen-bond donors (Lipinski definition) is 2. The maximum atomic E-state index is 12.3. The number of nitrogens with one attached hydrogen (secondary N) is 2. The highest BCUT2D eigenvalue weighted by atomic mass is 19.4. The van der Waals surface area contributed by atoms with Crippen molar-refractivity contribution in [2.75, 3.05) is 32.7 Å². The van der Waals surface area contributed by atoms with Crippen molar-refractivity contribution in [3.05, 3.63) is 0 Å². The summed E-state index contributed by atoms with van der Waals surface area (Å²) in [5.41, 5.74) is 0. The number of piperidine rings is 1. The minimum atomic E-state index is -4.14. The molecule has 21 heavy (non-hydrogen) atoms. The van der Waals surface area contributed by atoms with Gasteiger partial charge >= 0.3 is 6.18 Å². The fourth-order valence-corrected chi connectivity index (χ4v) is 3.23. The minimum Gasteiger partial charge on any atom is -0.354 e. The largest absolute Gasteiger partial charge is 0.401 e. The topological polar surface area (TPSA) is 44.4 Å². The number of likely N-dealkylation sites (tertiary alicyclic amines) is 1. The van der Waals surface area contributed by atoms with Crippen molar-refractivity contribution in [3.8, 4) is 0 Å². The van der Waals surface area contributed by atoms with E-state index in [1.54, 1.807) is 0 Å². The number of nitrogens with zero attached hydrogens (tertiary/aromatic N) is 1. The van der Waals surface area contributed by atoms with E-state index in [2.05, 4.69) is 17.6 Å². The molecule has 7 heteroatoms. The van der Waals surface area contributed by atoms with Gasteiger partial charge in [-0.05, 0) is 44.2 Å². The molecule has 0 radical (unpaired) electrons. The van der Waals surface area contributed by atoms with Crippen LogP contribution in [-0.4, -0.2) is 55.7 Å². The molecule has 2 rings (SSSR count). The number of carbonyl (C=O) groups excluding carboxylic acids is 1. The monoisotopic (exact) mass is 307 g/mol. The van der Waals surface area contributed by atoms with Crippen molar-refractivity contribution in [3.63, 3.8) is 0 Å². The molecular weight excluding hydrogens is 283 g/mol. The zero-order chi connectivity index (χ0) is 15.5. The Balaban J connectivity index is 1.70. The Morgan fingerprint density at radius 3 is 2.81 bits per heavy atom. The van der Waals surface area contributed by atoms with E-state index >= 15 is 0 Å². The summed E-state index contributed by atoms with van der Waals surface area (Å²) in [5.74, 6) is 0.413. The van der Waals surface area contributed by atoms with Crippen LogP contribution in [0.2, 0.25) is 0 Å². The highest BCUT2D eigenvalue weighted by Gasteiger charge is 2.34. The lowest BCUT2D eigenvalue weighted by Crippen LogP contribution is -2.51. The molecule has 2 aliphatic heterocycles. The second-order valence-electron chi connectivity index (χ2n) is 6.30. The van der Waals surface area contributed by atoms with Gasteiger partial charge in [-0.3, -0.25) is 9.69 Å². The molecule has 0 aromatic carbocycles. The van der Waals surface area contributed by atoms with Gasteiger partial charge in [-0.15, -0.1) is 0 Å². The molecule has 0 saturated carbocycles. The van der Waals surface area contributed by atoms with Gasteiger partial charge in [-0.1, -0.05) is 6.92 Å². The number of hydrogen-bond acceptors (Lipinski definition) is 3. The number of carbonyl (C=O) groups is 1. The number of alkyl halides is 3. The average molecular weight is 307 g/mol. The van der Waals surface area contributed by atoms with Crippen LogP contribution >= 0.6 is 0 Å². The molecular formula is C14H24F3N3O. The molecule has 2 aliphatic rings. The van der Waals surface area contributed by atoms with E-state index < -0.39 is 12.7 Å². The van der Waals surface area contributed by atoms with Crippen LogP contribution < -0.4 is 10.6 Å². The first-order valence-electron chi connectivity index (χ1n) is 7.65. The van der Waals surface area contributed by atoms with Gasteiger partial charge in [0.05, 0.1) is 12.6 Å². The molecule has 122 valence electrons. The molecule has 4 nitrogen and oxygen atoms in total. The summed E-state index contributed by atoms with van der Waals surface area (Å²) in [6, 6.07) is -0.161. The Labute approximate surface area is 123 Å². The fourth-order valence-electron chi connectivity index (χ4n) is 3.23. The van der Waals surface area contributed by atoms with E-state index in [-0.39, 0.29) is 17.9 Å². The van der Waals surface area contributed by atoms with Gasteiger partial charge in [0.25, 0.3) is 0 Å². The van der Waals surface area contributed by atoms with Crippen LogP contribution in [0.1, 0.15) is 26.2 Å². The second-order valence-corrected chi connectivity index (χ2v) is 6.30. The minimum absolute atomic E-state index is 0.0172. The quantitative estimate of drug-likeness (QED) is 0.825. The summed E-state index contributed by atoms with van der Waals surface area (Å²) >= 11 is 0. The third-order valence-electron chi connectivity index (χ3n) is 4.39. The molecule has 2 fully saturated rings. The summed E-state index contributed by atoms with van der Waals surface area (Å²) in [6.45, 7) is 3.39. The molecule has 2 saturated heterocycles. The molecule has 0 aliphatic carbocycles. The van der Waals surface area contributed by atoms with E-state index in [0.29, 0.717) is 32.0 Å². The maximum absolute atomic E-state index is 12.3. The van der Waals surface area contributed by atoms with Crippen molar-refractivity contribution >= 4 is 5.91 Å². The molecule has 3 unspecified atom stereocenters. The molecule has 2 N–H and O–H groups in total. The number of rotatable bonds is 4. The SMILES string of the molecule is CC1CCCNC1C(=O)NCC1CCN(CC(F)(F)F)C1. The van der Waals surface area contributed by atoms with Crippen LogP contribution in [0, 0.1) is 11.8 Å². The zero-order valence-electron chi connectivity index (χ0n) is 12.4. The Hall–Kier alpha value is -0.820. The van der Waals surface area contributed by atoms with E-state index in [1.807, 2.05) is 0 Å². The third kappa shape index (κ3) is 5.14. The molecule has 0 bridgehead atoms. The average Bonchev–Trinajstić information content (AvgIpc) is 2.82.